The Balaban J connectivity index is 2.04. The number of hydrogen-bond acceptors (Lipinski definition) is 6. The number of amides is 1. The lowest BCUT2D eigenvalue weighted by molar-refractivity contribution is 0.253. The fourth-order valence-corrected chi connectivity index (χ4v) is 1.65. The van der Waals surface area contributed by atoms with Gasteiger partial charge in [0.1, 0.15) is 12.1 Å². The molecule has 10 heteroatoms. The first kappa shape index (κ1) is 11.9. The van der Waals surface area contributed by atoms with Crippen LogP contribution in [0.3, 0.4) is 0 Å². The number of nitrogens with zero attached hydrogens (tertiary/aromatic N) is 3. The van der Waals surface area contributed by atoms with Crippen molar-refractivity contribution in [1.29, 1.82) is 0 Å². The summed E-state index contributed by atoms with van der Waals surface area (Å²) < 4.78 is 6.07. The van der Waals surface area contributed by atoms with Crippen LogP contribution in [0.25, 0.3) is 11.2 Å². The van der Waals surface area contributed by atoms with Crippen molar-refractivity contribution in [3.8, 4) is 0 Å². The van der Waals surface area contributed by atoms with Gasteiger partial charge in [0.05, 0.1) is 6.20 Å². The fraction of sp³-hybridized carbons (Fsp3) is 0.100. The molecule has 3 heterocycles. The van der Waals surface area contributed by atoms with E-state index in [9.17, 15) is 14.4 Å². The van der Waals surface area contributed by atoms with E-state index in [1.54, 1.807) is 6.92 Å². The lowest BCUT2D eigenvalue weighted by Crippen LogP contribution is -2.25. The fourth-order valence-electron chi connectivity index (χ4n) is 1.65. The highest BCUT2D eigenvalue weighted by atomic mass is 16.4. The topological polar surface area (TPSA) is 139 Å². The molecule has 0 unspecified atom stereocenters. The Labute approximate surface area is 109 Å². The number of aromatic amines is 2. The molecule has 3 aromatic heterocycles. The van der Waals surface area contributed by atoms with Crippen molar-refractivity contribution < 1.29 is 9.21 Å². The molecule has 0 aliphatic rings. The molecule has 0 radical (unpaired) electrons. The Morgan fingerprint density at radius 3 is 2.85 bits per heavy atom. The summed E-state index contributed by atoms with van der Waals surface area (Å²) in [6.45, 7) is 1.67. The molecule has 0 aromatic carbocycles. The van der Waals surface area contributed by atoms with Gasteiger partial charge in [-0.1, -0.05) is 0 Å². The van der Waals surface area contributed by atoms with Gasteiger partial charge in [0, 0.05) is 0 Å². The van der Waals surface area contributed by atoms with Crippen LogP contribution in [0.4, 0.5) is 10.8 Å². The maximum absolute atomic E-state index is 12.0. The number of hydrogen-bond donors (Lipinski definition) is 3. The standard InChI is InChI=1S/C10H8N6O4/c1-4-2-11-9(20-4)15-10(19)16-3-12-5-6(16)13-8(18)14-7(5)17/h2-3H,1H3,(H,11,15,19)(H2,13,14,17,18). The van der Waals surface area contributed by atoms with Crippen LogP contribution < -0.4 is 16.6 Å². The van der Waals surface area contributed by atoms with E-state index < -0.39 is 17.3 Å². The Bertz CT molecular complexity index is 914. The third kappa shape index (κ3) is 1.88. The van der Waals surface area contributed by atoms with Gasteiger partial charge in [-0.05, 0) is 6.92 Å². The van der Waals surface area contributed by atoms with Crippen LogP contribution in [0.15, 0.2) is 26.5 Å². The average molecular weight is 276 g/mol. The summed E-state index contributed by atoms with van der Waals surface area (Å²) in [6, 6.07) is -0.669. The smallest absolute Gasteiger partial charge is 0.336 e. The Morgan fingerprint density at radius 2 is 2.15 bits per heavy atom. The van der Waals surface area contributed by atoms with E-state index in [0.717, 1.165) is 10.9 Å². The van der Waals surface area contributed by atoms with Gasteiger partial charge in [-0.3, -0.25) is 20.1 Å². The van der Waals surface area contributed by atoms with E-state index in [2.05, 4.69) is 20.3 Å². The minimum atomic E-state index is -0.732. The van der Waals surface area contributed by atoms with E-state index in [1.807, 2.05) is 4.98 Å². The predicted molar refractivity (Wildman–Crippen MR) is 66.6 cm³/mol. The molecule has 3 aromatic rings. The normalized spacial score (nSPS) is 10.8. The SMILES string of the molecule is Cc1cnc(NC(=O)n2cnc3c(=O)[nH]c(=O)[nH]c32)o1. The quantitative estimate of drug-likeness (QED) is 0.562. The van der Waals surface area contributed by atoms with Crippen LogP contribution in [-0.4, -0.2) is 30.5 Å². The monoisotopic (exact) mass is 276 g/mol. The van der Waals surface area contributed by atoms with Gasteiger partial charge < -0.3 is 4.42 Å². The highest BCUT2D eigenvalue weighted by Gasteiger charge is 2.15. The lowest BCUT2D eigenvalue weighted by atomic mass is 10.5. The van der Waals surface area contributed by atoms with Crippen molar-refractivity contribution in [2.45, 2.75) is 6.92 Å². The molecule has 0 bridgehead atoms. The number of aryl methyl sites for hydroxylation is 1. The Kier molecular flexibility index (Phi) is 2.49. The van der Waals surface area contributed by atoms with Crippen molar-refractivity contribution >= 4 is 23.2 Å². The third-order valence-corrected chi connectivity index (χ3v) is 2.50. The molecule has 102 valence electrons. The molecule has 0 fully saturated rings. The maximum atomic E-state index is 12.0. The number of fused-ring (bicyclic) bond motifs is 1. The molecule has 0 saturated carbocycles. The van der Waals surface area contributed by atoms with Gasteiger partial charge in [-0.2, -0.15) is 0 Å². The number of anilines is 1. The number of carbonyl (C=O) groups excluding carboxylic acids is 1. The Morgan fingerprint density at radius 1 is 1.35 bits per heavy atom. The number of oxazole rings is 1. The number of imidazole rings is 1. The number of rotatable bonds is 1. The van der Waals surface area contributed by atoms with E-state index in [4.69, 9.17) is 4.42 Å². The zero-order valence-corrected chi connectivity index (χ0v) is 10.1. The summed E-state index contributed by atoms with van der Waals surface area (Å²) >= 11 is 0. The summed E-state index contributed by atoms with van der Waals surface area (Å²) in [5.74, 6) is 0.528. The number of carbonyl (C=O) groups is 1. The average Bonchev–Trinajstić information content (AvgIpc) is 2.95. The summed E-state index contributed by atoms with van der Waals surface area (Å²) in [4.78, 5) is 46.6. The van der Waals surface area contributed by atoms with Crippen LogP contribution in [0.1, 0.15) is 5.76 Å². The first-order valence-electron chi connectivity index (χ1n) is 5.48. The molecule has 0 atom stereocenters. The minimum Gasteiger partial charge on any atom is -0.429 e. The molecule has 3 N–H and O–H groups in total. The van der Waals surface area contributed by atoms with Crippen molar-refractivity contribution in [3.63, 3.8) is 0 Å². The molecular weight excluding hydrogens is 268 g/mol. The van der Waals surface area contributed by atoms with E-state index >= 15 is 0 Å². The van der Waals surface area contributed by atoms with Crippen molar-refractivity contribution in [3.05, 3.63) is 39.1 Å². The van der Waals surface area contributed by atoms with Gasteiger partial charge >= 0.3 is 17.7 Å². The van der Waals surface area contributed by atoms with Crippen LogP contribution >= 0.6 is 0 Å². The van der Waals surface area contributed by atoms with Crippen LogP contribution in [-0.2, 0) is 0 Å². The summed E-state index contributed by atoms with van der Waals surface area (Å²) in [6.07, 6.45) is 2.55. The molecule has 0 saturated heterocycles. The first-order chi connectivity index (χ1) is 9.54. The van der Waals surface area contributed by atoms with Crippen LogP contribution in [0, 0.1) is 6.92 Å². The second kappa shape index (κ2) is 4.19. The van der Waals surface area contributed by atoms with Gasteiger partial charge in [0.25, 0.3) is 5.56 Å². The van der Waals surface area contributed by atoms with E-state index in [1.165, 1.54) is 6.20 Å². The van der Waals surface area contributed by atoms with Gasteiger partial charge in [0.15, 0.2) is 11.2 Å². The van der Waals surface area contributed by atoms with Crippen molar-refractivity contribution in [2.75, 3.05) is 5.32 Å². The largest absolute Gasteiger partial charge is 0.429 e. The molecule has 3 rings (SSSR count). The van der Waals surface area contributed by atoms with Gasteiger partial charge in [0.2, 0.25) is 0 Å². The molecule has 1 amide bonds. The van der Waals surface area contributed by atoms with E-state index in [0.29, 0.717) is 5.76 Å². The minimum absolute atomic E-state index is 0.00142. The lowest BCUT2D eigenvalue weighted by Gasteiger charge is -2.01. The summed E-state index contributed by atoms with van der Waals surface area (Å²) in [5.41, 5.74) is -1.48. The first-order valence-corrected chi connectivity index (χ1v) is 5.48. The second-order valence-corrected chi connectivity index (χ2v) is 3.93. The maximum Gasteiger partial charge on any atom is 0.336 e. The van der Waals surface area contributed by atoms with Crippen molar-refractivity contribution in [1.82, 2.24) is 24.5 Å². The predicted octanol–water partition coefficient (Wildman–Crippen LogP) is -0.210. The zero-order chi connectivity index (χ0) is 14.3. The van der Waals surface area contributed by atoms with Gasteiger partial charge in [-0.15, -0.1) is 0 Å². The molecule has 0 aliphatic heterocycles. The molecule has 0 aliphatic carbocycles. The Hall–Kier alpha value is -3.17. The third-order valence-electron chi connectivity index (χ3n) is 2.50. The number of nitrogens with one attached hydrogen (secondary N) is 3. The highest BCUT2D eigenvalue weighted by molar-refractivity contribution is 5.94. The van der Waals surface area contributed by atoms with E-state index in [-0.39, 0.29) is 17.2 Å². The second-order valence-electron chi connectivity index (χ2n) is 3.93. The molecular formula is C10H8N6O4. The molecule has 20 heavy (non-hydrogen) atoms. The molecule has 10 nitrogen and oxygen atoms in total. The van der Waals surface area contributed by atoms with Crippen LogP contribution in [0.5, 0.6) is 0 Å². The zero-order valence-electron chi connectivity index (χ0n) is 10.1. The molecule has 0 spiro atoms. The summed E-state index contributed by atoms with van der Waals surface area (Å²) in [5, 5.41) is 2.37. The highest BCUT2D eigenvalue weighted by Crippen LogP contribution is 2.09. The van der Waals surface area contributed by atoms with Crippen LogP contribution in [0.2, 0.25) is 0 Å². The summed E-state index contributed by atoms with van der Waals surface area (Å²) in [7, 11) is 0. The number of H-pyrrole nitrogens is 2. The van der Waals surface area contributed by atoms with Gasteiger partial charge in [-0.25, -0.2) is 24.1 Å². The number of aromatic nitrogens is 5. The van der Waals surface area contributed by atoms with Crippen molar-refractivity contribution in [2.24, 2.45) is 0 Å².